The van der Waals surface area contributed by atoms with E-state index in [4.69, 9.17) is 35.3 Å². The number of halogens is 1. The van der Waals surface area contributed by atoms with Gasteiger partial charge < -0.3 is 23.7 Å². The van der Waals surface area contributed by atoms with Gasteiger partial charge in [0.15, 0.2) is 6.10 Å². The van der Waals surface area contributed by atoms with Crippen LogP contribution in [0.5, 0.6) is 11.5 Å². The number of ether oxygens (including phenoxy) is 5. The summed E-state index contributed by atoms with van der Waals surface area (Å²) in [7, 11) is 0. The molecule has 0 radical (unpaired) electrons. The van der Waals surface area contributed by atoms with E-state index < -0.39 is 30.1 Å². The third-order valence-electron chi connectivity index (χ3n) is 5.95. The molecule has 0 aliphatic carbocycles. The van der Waals surface area contributed by atoms with Gasteiger partial charge >= 0.3 is 17.9 Å². The van der Waals surface area contributed by atoms with E-state index in [2.05, 4.69) is 26.0 Å². The maximum absolute atomic E-state index is 11.4. The van der Waals surface area contributed by atoms with Crippen molar-refractivity contribution in [2.45, 2.75) is 66.1 Å². The molecule has 0 N–H and O–H groups in total. The molecule has 2 aromatic carbocycles. The molecule has 208 valence electrons. The number of carbonyl (C=O) groups excluding carboxylic acids is 3. The van der Waals surface area contributed by atoms with Gasteiger partial charge in [0.05, 0.1) is 5.88 Å². The third kappa shape index (κ3) is 9.24. The second-order valence-corrected chi connectivity index (χ2v) is 9.94. The number of aryl methyl sites for hydroxylation is 2. The Morgan fingerprint density at radius 2 is 1.18 bits per heavy atom. The molecule has 0 aromatic heterocycles. The lowest BCUT2D eigenvalue weighted by atomic mass is 9.77. The maximum atomic E-state index is 11.4. The van der Waals surface area contributed by atoms with Gasteiger partial charge in [0.25, 0.3) is 0 Å². The molecular weight excluding hydrogens is 512 g/mol. The van der Waals surface area contributed by atoms with E-state index in [1.807, 2.05) is 38.1 Å². The summed E-state index contributed by atoms with van der Waals surface area (Å²) in [5.74, 6) is 0.162. The van der Waals surface area contributed by atoms with Crippen molar-refractivity contribution in [1.82, 2.24) is 0 Å². The van der Waals surface area contributed by atoms with Crippen LogP contribution in [-0.4, -0.2) is 55.8 Å². The van der Waals surface area contributed by atoms with Gasteiger partial charge in [-0.3, -0.25) is 14.4 Å². The highest BCUT2D eigenvalue weighted by molar-refractivity contribution is 6.18. The fraction of sp³-hybridized carbons (Fsp3) is 0.483. The van der Waals surface area contributed by atoms with E-state index in [9.17, 15) is 14.4 Å². The first kappa shape index (κ1) is 31.0. The van der Waals surface area contributed by atoms with Crippen molar-refractivity contribution in [2.75, 3.05) is 25.7 Å². The summed E-state index contributed by atoms with van der Waals surface area (Å²) in [6.07, 6.45) is -1.22. The molecule has 0 aliphatic rings. The summed E-state index contributed by atoms with van der Waals surface area (Å²) in [5.41, 5.74) is 3.73. The Morgan fingerprint density at radius 1 is 0.737 bits per heavy atom. The van der Waals surface area contributed by atoms with Crippen LogP contribution in [0, 0.1) is 13.8 Å². The Morgan fingerprint density at radius 3 is 1.58 bits per heavy atom. The highest BCUT2D eigenvalue weighted by Gasteiger charge is 2.25. The highest BCUT2D eigenvalue weighted by Crippen LogP contribution is 2.36. The molecule has 0 heterocycles. The van der Waals surface area contributed by atoms with Crippen LogP contribution < -0.4 is 9.47 Å². The molecule has 2 rings (SSSR count). The summed E-state index contributed by atoms with van der Waals surface area (Å²) in [5, 5.41) is 0. The molecular formula is C29H37ClO8. The Hall–Kier alpha value is -3.26. The van der Waals surface area contributed by atoms with Gasteiger partial charge in [0.1, 0.15) is 37.4 Å². The van der Waals surface area contributed by atoms with Crippen molar-refractivity contribution in [3.05, 3.63) is 58.7 Å². The van der Waals surface area contributed by atoms with Crippen LogP contribution in [0.25, 0.3) is 0 Å². The number of benzene rings is 2. The fourth-order valence-electron chi connectivity index (χ4n) is 3.84. The van der Waals surface area contributed by atoms with E-state index in [-0.39, 0.29) is 31.1 Å². The topological polar surface area (TPSA) is 97.4 Å². The van der Waals surface area contributed by atoms with Gasteiger partial charge in [-0.25, -0.2) is 0 Å². The standard InChI is InChI=1S/C29H37ClO8/c1-18-12-23(8-10-27(18)35-15-25(14-30)37-21(4)32)29(6,7)24-9-11-28(19(2)13-24)36-17-26(38-22(5)33)16-34-20(3)31/h8-13,25-26H,14-17H2,1-7H3/t25-,26?/m1/s1. The molecule has 9 heteroatoms. The number of rotatable bonds is 13. The first-order chi connectivity index (χ1) is 17.8. The molecule has 0 saturated heterocycles. The quantitative estimate of drug-likeness (QED) is 0.195. The van der Waals surface area contributed by atoms with Crippen LogP contribution in [0.2, 0.25) is 0 Å². The Bertz CT molecular complexity index is 1130. The summed E-state index contributed by atoms with van der Waals surface area (Å²) < 4.78 is 27.1. The van der Waals surface area contributed by atoms with E-state index >= 15 is 0 Å². The Kier molecular flexibility index (Phi) is 11.4. The SMILES string of the molecule is CC(=O)OCC(COc1ccc(C(C)(C)c2ccc(OC[C@@H](CCl)OC(C)=O)c(C)c2)cc1C)OC(C)=O. The number of esters is 3. The number of hydrogen-bond donors (Lipinski definition) is 0. The summed E-state index contributed by atoms with van der Waals surface area (Å²) in [6, 6.07) is 12.0. The van der Waals surface area contributed by atoms with Crippen LogP contribution in [0.4, 0.5) is 0 Å². The maximum Gasteiger partial charge on any atom is 0.303 e. The van der Waals surface area contributed by atoms with E-state index in [0.717, 1.165) is 22.3 Å². The molecule has 38 heavy (non-hydrogen) atoms. The van der Waals surface area contributed by atoms with Gasteiger partial charge in [0.2, 0.25) is 0 Å². The van der Waals surface area contributed by atoms with Crippen molar-refractivity contribution < 1.29 is 38.1 Å². The monoisotopic (exact) mass is 548 g/mol. The summed E-state index contributed by atoms with van der Waals surface area (Å²) >= 11 is 5.87. The van der Waals surface area contributed by atoms with Crippen LogP contribution in [-0.2, 0) is 34.0 Å². The van der Waals surface area contributed by atoms with Crippen molar-refractivity contribution in [3.63, 3.8) is 0 Å². The van der Waals surface area contributed by atoms with Gasteiger partial charge in [-0.05, 0) is 48.2 Å². The molecule has 0 spiro atoms. The first-order valence-electron chi connectivity index (χ1n) is 12.3. The predicted octanol–water partition coefficient (Wildman–Crippen LogP) is 5.05. The van der Waals surface area contributed by atoms with Crippen molar-refractivity contribution in [3.8, 4) is 11.5 Å². The molecule has 1 unspecified atom stereocenters. The summed E-state index contributed by atoms with van der Waals surface area (Å²) in [6.45, 7) is 12.3. The second-order valence-electron chi connectivity index (χ2n) is 9.63. The number of carbonyl (C=O) groups is 3. The van der Waals surface area contributed by atoms with Crippen molar-refractivity contribution in [2.24, 2.45) is 0 Å². The zero-order chi connectivity index (χ0) is 28.5. The molecule has 0 saturated carbocycles. The van der Waals surface area contributed by atoms with E-state index in [1.165, 1.54) is 20.8 Å². The van der Waals surface area contributed by atoms with Gasteiger partial charge in [0, 0.05) is 26.2 Å². The fourth-order valence-corrected chi connectivity index (χ4v) is 3.99. The number of hydrogen-bond acceptors (Lipinski definition) is 8. The lowest BCUT2D eigenvalue weighted by Gasteiger charge is -2.28. The molecule has 2 aromatic rings. The second kappa shape index (κ2) is 14.0. The first-order valence-corrected chi connectivity index (χ1v) is 12.9. The molecule has 0 bridgehead atoms. The minimum absolute atomic E-state index is 0.0547. The van der Waals surface area contributed by atoms with Gasteiger partial charge in [-0.1, -0.05) is 38.1 Å². The minimum Gasteiger partial charge on any atom is -0.489 e. The van der Waals surface area contributed by atoms with Crippen LogP contribution in [0.1, 0.15) is 56.9 Å². The average molecular weight is 549 g/mol. The summed E-state index contributed by atoms with van der Waals surface area (Å²) in [4.78, 5) is 33.7. The zero-order valence-electron chi connectivity index (χ0n) is 23.1. The van der Waals surface area contributed by atoms with E-state index in [0.29, 0.717) is 11.5 Å². The van der Waals surface area contributed by atoms with Crippen molar-refractivity contribution >= 4 is 29.5 Å². The zero-order valence-corrected chi connectivity index (χ0v) is 23.8. The lowest BCUT2D eigenvalue weighted by Crippen LogP contribution is -2.30. The van der Waals surface area contributed by atoms with Crippen LogP contribution >= 0.6 is 11.6 Å². The molecule has 8 nitrogen and oxygen atoms in total. The molecule has 0 amide bonds. The average Bonchev–Trinajstić information content (AvgIpc) is 2.83. The lowest BCUT2D eigenvalue weighted by molar-refractivity contribution is -0.158. The normalized spacial score (nSPS) is 12.7. The van der Waals surface area contributed by atoms with Gasteiger partial charge in [-0.2, -0.15) is 0 Å². The van der Waals surface area contributed by atoms with Crippen molar-refractivity contribution in [1.29, 1.82) is 0 Å². The largest absolute Gasteiger partial charge is 0.489 e. The molecule has 0 aliphatic heterocycles. The Balaban J connectivity index is 2.13. The van der Waals surface area contributed by atoms with Crippen LogP contribution in [0.15, 0.2) is 36.4 Å². The molecule has 0 fully saturated rings. The van der Waals surface area contributed by atoms with Crippen LogP contribution in [0.3, 0.4) is 0 Å². The Labute approximate surface area is 229 Å². The van der Waals surface area contributed by atoms with E-state index in [1.54, 1.807) is 0 Å². The number of alkyl halides is 1. The highest BCUT2D eigenvalue weighted by atomic mass is 35.5. The molecule has 2 atom stereocenters. The van der Waals surface area contributed by atoms with Gasteiger partial charge in [-0.15, -0.1) is 11.6 Å². The smallest absolute Gasteiger partial charge is 0.303 e. The third-order valence-corrected chi connectivity index (χ3v) is 6.30. The predicted molar refractivity (Wildman–Crippen MR) is 144 cm³/mol. The minimum atomic E-state index is -0.704.